The fraction of sp³-hybridized carbons (Fsp3) is 0.0667. The summed E-state index contributed by atoms with van der Waals surface area (Å²) in [5.41, 5.74) is 0.0188. The van der Waals surface area contributed by atoms with Crippen LogP contribution in [0, 0.1) is 18.6 Å². The summed E-state index contributed by atoms with van der Waals surface area (Å²) in [6.45, 7) is 1.68. The van der Waals surface area contributed by atoms with Crippen molar-refractivity contribution in [3.8, 4) is 11.5 Å². The van der Waals surface area contributed by atoms with Gasteiger partial charge < -0.3 is 9.52 Å². The zero-order valence-electron chi connectivity index (χ0n) is 11.3. The van der Waals surface area contributed by atoms with Gasteiger partial charge in [0.2, 0.25) is 5.43 Å². The normalized spacial score (nSPS) is 11.6. The molecule has 0 aliphatic rings. The zero-order valence-corrected chi connectivity index (χ0v) is 11.3. The lowest BCUT2D eigenvalue weighted by molar-refractivity contribution is 0.579. The number of benzene rings is 1. The quantitative estimate of drug-likeness (QED) is 0.566. The van der Waals surface area contributed by atoms with Crippen LogP contribution >= 0.6 is 0 Å². The van der Waals surface area contributed by atoms with Crippen LogP contribution in [0.5, 0.6) is 0 Å². The summed E-state index contributed by atoms with van der Waals surface area (Å²) in [6, 6.07) is 3.84. The topological polar surface area (TPSA) is 74.7 Å². The van der Waals surface area contributed by atoms with E-state index in [1.165, 1.54) is 6.26 Å². The molecule has 3 aromatic heterocycles. The minimum absolute atomic E-state index is 0.0735. The van der Waals surface area contributed by atoms with Gasteiger partial charge in [-0.15, -0.1) is 0 Å². The molecule has 1 aromatic carbocycles. The molecular weight excluding hydrogens is 292 g/mol. The number of fused-ring (bicyclic) bond motifs is 3. The number of aryl methyl sites for hydroxylation is 1. The van der Waals surface area contributed by atoms with Crippen molar-refractivity contribution in [3.05, 3.63) is 52.0 Å². The van der Waals surface area contributed by atoms with Crippen molar-refractivity contribution < 1.29 is 13.2 Å². The Morgan fingerprint density at radius 1 is 1.18 bits per heavy atom. The molecule has 0 aliphatic carbocycles. The molecular formula is C15H9F2N3O2. The highest BCUT2D eigenvalue weighted by atomic mass is 19.1. The molecule has 0 radical (unpaired) electrons. The fourth-order valence-electron chi connectivity index (χ4n) is 2.67. The maximum atomic E-state index is 14.4. The highest BCUT2D eigenvalue weighted by Gasteiger charge is 2.22. The van der Waals surface area contributed by atoms with Gasteiger partial charge in [-0.25, -0.2) is 13.8 Å². The molecule has 4 aromatic rings. The third kappa shape index (κ3) is 1.56. The summed E-state index contributed by atoms with van der Waals surface area (Å²) in [5.74, 6) is -1.55. The molecule has 5 nitrogen and oxygen atoms in total. The van der Waals surface area contributed by atoms with Crippen LogP contribution in [-0.2, 0) is 0 Å². The standard InChI is InChI=1S/C15H9F2N3O2/c1-6-10-12-11(7(16)5-8(21)13(12)17)14(9-3-2-4-22-9)18-15(10)20-19-6/h2-5H,1H3,(H2,18,19,20). The number of furan rings is 1. The van der Waals surface area contributed by atoms with Gasteiger partial charge in [-0.2, -0.15) is 0 Å². The van der Waals surface area contributed by atoms with E-state index in [0.717, 1.165) is 0 Å². The van der Waals surface area contributed by atoms with Crippen molar-refractivity contribution in [1.82, 2.24) is 15.2 Å². The van der Waals surface area contributed by atoms with Crippen LogP contribution in [0.4, 0.5) is 8.78 Å². The Labute approximate surface area is 121 Å². The summed E-state index contributed by atoms with van der Waals surface area (Å²) < 4.78 is 34.1. The number of rotatable bonds is 1. The van der Waals surface area contributed by atoms with E-state index in [1.807, 2.05) is 0 Å². The third-order valence-corrected chi connectivity index (χ3v) is 3.63. The third-order valence-electron chi connectivity index (χ3n) is 3.63. The number of nitrogens with one attached hydrogen (secondary N) is 2. The molecule has 0 saturated heterocycles. The average Bonchev–Trinajstić information content (AvgIpc) is 3.13. The Morgan fingerprint density at radius 3 is 2.73 bits per heavy atom. The van der Waals surface area contributed by atoms with E-state index >= 15 is 0 Å². The number of hydrogen-bond donors (Lipinski definition) is 2. The maximum absolute atomic E-state index is 14.4. The number of pyridine rings is 1. The first-order valence-corrected chi connectivity index (χ1v) is 6.50. The number of hydrogen-bond acceptors (Lipinski definition) is 3. The Balaban J connectivity index is 2.36. The number of halogens is 2. The summed E-state index contributed by atoms with van der Waals surface area (Å²) in [7, 11) is 0. The van der Waals surface area contributed by atoms with Crippen molar-refractivity contribution in [2.45, 2.75) is 6.92 Å². The average molecular weight is 301 g/mol. The molecule has 0 saturated carbocycles. The smallest absolute Gasteiger partial charge is 0.217 e. The second-order valence-corrected chi connectivity index (χ2v) is 4.96. The second-order valence-electron chi connectivity index (χ2n) is 4.96. The number of H-pyrrole nitrogens is 2. The molecule has 2 N–H and O–H groups in total. The largest absolute Gasteiger partial charge is 0.463 e. The molecule has 22 heavy (non-hydrogen) atoms. The molecule has 0 fully saturated rings. The van der Waals surface area contributed by atoms with Crippen molar-refractivity contribution in [2.24, 2.45) is 0 Å². The molecule has 0 atom stereocenters. The first-order valence-electron chi connectivity index (χ1n) is 6.50. The highest BCUT2D eigenvalue weighted by molar-refractivity contribution is 6.11. The van der Waals surface area contributed by atoms with E-state index in [-0.39, 0.29) is 22.2 Å². The minimum atomic E-state index is -1.01. The predicted octanol–water partition coefficient (Wildman–Crippen LogP) is 3.25. The molecule has 0 bridgehead atoms. The van der Waals surface area contributed by atoms with E-state index in [0.29, 0.717) is 22.8 Å². The number of nitrogens with zero attached hydrogens (tertiary/aromatic N) is 1. The lowest BCUT2D eigenvalue weighted by Gasteiger charge is -2.07. The SMILES string of the molecule is Cc1[nH][nH]c2nc(-c3ccco3)c3c(F)cc(=O)c(F)c3c12. The van der Waals surface area contributed by atoms with Crippen LogP contribution in [0.2, 0.25) is 0 Å². The van der Waals surface area contributed by atoms with Crippen molar-refractivity contribution in [1.29, 1.82) is 0 Å². The number of aromatic nitrogens is 3. The first-order chi connectivity index (χ1) is 10.6. The lowest BCUT2D eigenvalue weighted by atomic mass is 10.0. The van der Waals surface area contributed by atoms with Crippen LogP contribution in [0.3, 0.4) is 0 Å². The predicted molar refractivity (Wildman–Crippen MR) is 76.6 cm³/mol. The van der Waals surface area contributed by atoms with Gasteiger partial charge in [0.05, 0.1) is 17.0 Å². The van der Waals surface area contributed by atoms with Crippen LogP contribution in [0.1, 0.15) is 5.69 Å². The summed E-state index contributed by atoms with van der Waals surface area (Å²) in [5, 5.41) is 5.75. The summed E-state index contributed by atoms with van der Waals surface area (Å²) in [4.78, 5) is 16.0. The van der Waals surface area contributed by atoms with Gasteiger partial charge in [-0.1, -0.05) is 0 Å². The molecule has 7 heteroatoms. The van der Waals surface area contributed by atoms with E-state index in [9.17, 15) is 13.6 Å². The van der Waals surface area contributed by atoms with Gasteiger partial charge in [0.1, 0.15) is 11.5 Å². The van der Waals surface area contributed by atoms with E-state index < -0.39 is 17.1 Å². The zero-order chi connectivity index (χ0) is 15.4. The Hall–Kier alpha value is -2.96. The lowest BCUT2D eigenvalue weighted by Crippen LogP contribution is -2.08. The van der Waals surface area contributed by atoms with Crippen LogP contribution in [-0.4, -0.2) is 15.2 Å². The maximum Gasteiger partial charge on any atom is 0.217 e. The Morgan fingerprint density at radius 2 is 2.00 bits per heavy atom. The molecule has 4 rings (SSSR count). The van der Waals surface area contributed by atoms with E-state index in [4.69, 9.17) is 4.42 Å². The Bertz CT molecular complexity index is 1080. The van der Waals surface area contributed by atoms with Gasteiger partial charge in [0.25, 0.3) is 0 Å². The number of aromatic amines is 2. The van der Waals surface area contributed by atoms with Crippen molar-refractivity contribution in [2.75, 3.05) is 0 Å². The monoisotopic (exact) mass is 301 g/mol. The van der Waals surface area contributed by atoms with Crippen molar-refractivity contribution in [3.63, 3.8) is 0 Å². The van der Waals surface area contributed by atoms with Crippen LogP contribution in [0.25, 0.3) is 33.3 Å². The first kappa shape index (κ1) is 12.8. The van der Waals surface area contributed by atoms with E-state index in [2.05, 4.69) is 15.2 Å². The van der Waals surface area contributed by atoms with E-state index in [1.54, 1.807) is 19.1 Å². The Kier molecular flexibility index (Phi) is 2.47. The van der Waals surface area contributed by atoms with Crippen LogP contribution in [0.15, 0.2) is 33.7 Å². The second kappa shape index (κ2) is 4.27. The minimum Gasteiger partial charge on any atom is -0.463 e. The van der Waals surface area contributed by atoms with Gasteiger partial charge in [-0.05, 0) is 19.1 Å². The summed E-state index contributed by atoms with van der Waals surface area (Å²) in [6.07, 6.45) is 1.41. The van der Waals surface area contributed by atoms with Gasteiger partial charge in [0, 0.05) is 17.1 Å². The molecule has 0 spiro atoms. The van der Waals surface area contributed by atoms with Gasteiger partial charge in [-0.3, -0.25) is 9.89 Å². The molecule has 110 valence electrons. The highest BCUT2D eigenvalue weighted by Crippen LogP contribution is 2.35. The molecule has 0 aliphatic heterocycles. The van der Waals surface area contributed by atoms with Gasteiger partial charge in [0.15, 0.2) is 17.2 Å². The molecule has 0 amide bonds. The molecule has 3 heterocycles. The fourth-order valence-corrected chi connectivity index (χ4v) is 2.67. The van der Waals surface area contributed by atoms with Gasteiger partial charge >= 0.3 is 0 Å². The van der Waals surface area contributed by atoms with Crippen LogP contribution < -0.4 is 5.43 Å². The van der Waals surface area contributed by atoms with Crippen molar-refractivity contribution >= 4 is 21.8 Å². The summed E-state index contributed by atoms with van der Waals surface area (Å²) >= 11 is 0. The molecule has 0 unspecified atom stereocenters.